The zero-order valence-corrected chi connectivity index (χ0v) is 24.9. The summed E-state index contributed by atoms with van der Waals surface area (Å²) in [5.41, 5.74) is 5.11. The lowest BCUT2D eigenvalue weighted by molar-refractivity contribution is -0.123. The van der Waals surface area contributed by atoms with E-state index in [9.17, 15) is 14.4 Å². The first-order valence-corrected chi connectivity index (χ1v) is 16.2. The molecule has 2 aliphatic heterocycles. The first kappa shape index (κ1) is 26.0. The van der Waals surface area contributed by atoms with Crippen molar-refractivity contribution in [3.8, 4) is 5.75 Å². The second kappa shape index (κ2) is 9.71. The van der Waals surface area contributed by atoms with Crippen LogP contribution in [0.1, 0.15) is 39.5 Å². The number of nitrogens with one attached hydrogen (secondary N) is 1. The van der Waals surface area contributed by atoms with Crippen molar-refractivity contribution in [2.24, 2.45) is 29.6 Å². The number of aromatic amines is 1. The Morgan fingerprint density at radius 1 is 0.881 bits per heavy atom. The van der Waals surface area contributed by atoms with Gasteiger partial charge in [0.05, 0.1) is 22.5 Å². The third kappa shape index (κ3) is 3.81. The van der Waals surface area contributed by atoms with Gasteiger partial charge in [-0.3, -0.25) is 19.3 Å². The second-order valence-electron chi connectivity index (χ2n) is 12.1. The van der Waals surface area contributed by atoms with Crippen LogP contribution in [0.4, 0.5) is 5.69 Å². The molecule has 2 saturated carbocycles. The molecule has 3 fully saturated rings. The summed E-state index contributed by atoms with van der Waals surface area (Å²) in [4.78, 5) is 46.1. The molecule has 0 radical (unpaired) electrons. The zero-order chi connectivity index (χ0) is 28.7. The van der Waals surface area contributed by atoms with Gasteiger partial charge in [0.25, 0.3) is 0 Å². The number of benzene rings is 3. The van der Waals surface area contributed by atoms with Gasteiger partial charge in [-0.1, -0.05) is 71.5 Å². The van der Waals surface area contributed by atoms with Crippen LogP contribution in [0.25, 0.3) is 0 Å². The van der Waals surface area contributed by atoms with Crippen LogP contribution in [0.5, 0.6) is 5.75 Å². The molecule has 2 bridgehead atoms. The van der Waals surface area contributed by atoms with Gasteiger partial charge < -0.3 is 9.72 Å². The molecule has 42 heavy (non-hydrogen) atoms. The number of carbonyl (C=O) groups excluding carboxylic acids is 2. The lowest BCUT2D eigenvalue weighted by Crippen LogP contribution is -2.42. The van der Waals surface area contributed by atoms with Gasteiger partial charge in [0.15, 0.2) is 0 Å². The van der Waals surface area contributed by atoms with E-state index in [1.807, 2.05) is 61.5 Å². The number of aromatic nitrogens is 1. The fraction of sp³-hybridized carbons (Fsp3) is 0.324. The molecule has 8 rings (SSSR count). The van der Waals surface area contributed by atoms with Crippen LogP contribution in [0.15, 0.2) is 82.6 Å². The van der Waals surface area contributed by atoms with Crippen molar-refractivity contribution in [3.05, 3.63) is 110 Å². The first-order chi connectivity index (χ1) is 20.4. The number of amides is 2. The molecule has 0 unspecified atom stereocenters. The van der Waals surface area contributed by atoms with Crippen LogP contribution in [-0.4, -0.2) is 22.0 Å². The largest absolute Gasteiger partial charge is 0.489 e. The van der Waals surface area contributed by atoms with Crippen LogP contribution in [0, 0.1) is 43.4 Å². The van der Waals surface area contributed by atoms with E-state index in [4.69, 9.17) is 4.74 Å². The van der Waals surface area contributed by atoms with E-state index in [2.05, 4.69) is 30.1 Å². The van der Waals surface area contributed by atoms with E-state index < -0.39 is 0 Å². The summed E-state index contributed by atoms with van der Waals surface area (Å²) in [6.45, 7) is 4.54. The molecule has 8 heteroatoms. The molecule has 212 valence electrons. The van der Waals surface area contributed by atoms with Crippen molar-refractivity contribution < 1.29 is 14.3 Å². The number of imide groups is 1. The topological polar surface area (TPSA) is 79.5 Å². The van der Waals surface area contributed by atoms with Gasteiger partial charge in [-0.25, -0.2) is 0 Å². The molecule has 6 nitrogen and oxygen atoms in total. The minimum absolute atomic E-state index is 0.0594. The monoisotopic (exact) mass is 594 g/mol. The number of ether oxygens (including phenoxy) is 1. The molecule has 0 spiro atoms. The van der Waals surface area contributed by atoms with E-state index in [0.717, 1.165) is 38.8 Å². The SMILES string of the molecule is Cc1ccc(N2C(=O)[C@H]3[C@H]4C[C@@H]([C@@H]3C2=O)[C@H]2[C@H](c3ccccc3OCc3ccccc3C)c3sc(=O)[nH]c3S[C@H]42)cc1. The molecule has 4 aromatic rings. The standard InChI is InChI=1S/C34H30N2O4S2/c1-17-11-13-20(14-12-17)36-32(37)27-22-15-23(28(27)33(36)38)29-26(22)25(30-31(41-29)35-34(39)42-30)21-9-5-6-10-24(21)40-16-19-8-4-3-7-18(19)2/h3-14,22-23,25-29H,15-16H2,1-2H3,(H,35,39)/t22-,23-,25+,26+,27+,28+,29-/m1/s1. The lowest BCUT2D eigenvalue weighted by atomic mass is 9.68. The van der Waals surface area contributed by atoms with Crippen molar-refractivity contribution in [2.45, 2.75) is 43.1 Å². The minimum atomic E-state index is -0.328. The van der Waals surface area contributed by atoms with Crippen molar-refractivity contribution in [3.63, 3.8) is 0 Å². The smallest absolute Gasteiger partial charge is 0.305 e. The van der Waals surface area contributed by atoms with Gasteiger partial charge in [-0.2, -0.15) is 0 Å². The Kier molecular flexibility index (Phi) is 6.02. The zero-order valence-electron chi connectivity index (χ0n) is 23.3. The molecule has 2 aliphatic carbocycles. The number of thioether (sulfide) groups is 1. The molecule has 4 aliphatic rings. The number of para-hydroxylation sites is 1. The predicted octanol–water partition coefficient (Wildman–Crippen LogP) is 6.31. The highest BCUT2D eigenvalue weighted by Gasteiger charge is 2.69. The highest BCUT2D eigenvalue weighted by molar-refractivity contribution is 8.00. The summed E-state index contributed by atoms with van der Waals surface area (Å²) < 4.78 is 6.50. The number of aryl methyl sites for hydroxylation is 2. The maximum atomic E-state index is 14.0. The molecule has 3 aromatic carbocycles. The highest BCUT2D eigenvalue weighted by Crippen LogP contribution is 2.69. The quantitative estimate of drug-likeness (QED) is 0.274. The van der Waals surface area contributed by atoms with E-state index >= 15 is 0 Å². The van der Waals surface area contributed by atoms with Crippen molar-refractivity contribution in [1.29, 1.82) is 0 Å². The van der Waals surface area contributed by atoms with Crippen LogP contribution >= 0.6 is 23.1 Å². The molecule has 1 saturated heterocycles. The first-order valence-electron chi connectivity index (χ1n) is 14.5. The number of H-pyrrole nitrogens is 1. The summed E-state index contributed by atoms with van der Waals surface area (Å²) in [7, 11) is 0. The lowest BCUT2D eigenvalue weighted by Gasteiger charge is -2.43. The van der Waals surface area contributed by atoms with E-state index in [1.165, 1.54) is 21.8 Å². The highest BCUT2D eigenvalue weighted by atomic mass is 32.2. The van der Waals surface area contributed by atoms with Crippen LogP contribution in [0.2, 0.25) is 0 Å². The van der Waals surface area contributed by atoms with Gasteiger partial charge >= 0.3 is 4.87 Å². The van der Waals surface area contributed by atoms with Crippen LogP contribution < -0.4 is 14.5 Å². The van der Waals surface area contributed by atoms with Gasteiger partial charge in [-0.15, -0.1) is 11.8 Å². The number of hydrogen-bond acceptors (Lipinski definition) is 6. The minimum Gasteiger partial charge on any atom is -0.489 e. The number of anilines is 1. The maximum Gasteiger partial charge on any atom is 0.305 e. The third-order valence-corrected chi connectivity index (χ3v) is 12.5. The molecule has 2 amide bonds. The summed E-state index contributed by atoms with van der Waals surface area (Å²) in [5.74, 6) is 0.212. The summed E-state index contributed by atoms with van der Waals surface area (Å²) in [6.07, 6.45) is 0.860. The average Bonchev–Trinajstić information content (AvgIpc) is 3.72. The average molecular weight is 595 g/mol. The molecular weight excluding hydrogens is 565 g/mol. The Morgan fingerprint density at radius 2 is 1.60 bits per heavy atom. The maximum absolute atomic E-state index is 14.0. The number of hydrogen-bond donors (Lipinski definition) is 1. The van der Waals surface area contributed by atoms with Crippen LogP contribution in [0.3, 0.4) is 0 Å². The summed E-state index contributed by atoms with van der Waals surface area (Å²) >= 11 is 2.98. The fourth-order valence-corrected chi connectivity index (χ4v) is 11.0. The Morgan fingerprint density at radius 3 is 2.38 bits per heavy atom. The third-order valence-electron chi connectivity index (χ3n) is 9.91. The van der Waals surface area contributed by atoms with Crippen LogP contribution in [-0.2, 0) is 16.2 Å². The Bertz CT molecular complexity index is 1790. The van der Waals surface area contributed by atoms with Gasteiger partial charge in [0, 0.05) is 21.6 Å². The molecule has 7 atom stereocenters. The molecular formula is C34H30N2O4S2. The summed E-state index contributed by atoms with van der Waals surface area (Å²) in [6, 6.07) is 24.0. The van der Waals surface area contributed by atoms with Crippen molar-refractivity contribution >= 4 is 40.6 Å². The second-order valence-corrected chi connectivity index (χ2v) is 14.3. The normalized spacial score (nSPS) is 29.0. The predicted molar refractivity (Wildman–Crippen MR) is 164 cm³/mol. The number of thiazole rings is 1. The van der Waals surface area contributed by atoms with E-state index in [-0.39, 0.29) is 57.4 Å². The number of fused-ring (bicyclic) bond motifs is 9. The Labute approximate surface area is 252 Å². The van der Waals surface area contributed by atoms with Gasteiger partial charge in [-0.05, 0) is 67.3 Å². The molecule has 3 heterocycles. The van der Waals surface area contributed by atoms with E-state index in [1.54, 1.807) is 11.8 Å². The fourth-order valence-electron chi connectivity index (χ4n) is 8.11. The molecule has 1 N–H and O–H groups in total. The Hall–Kier alpha value is -3.62. The molecule has 1 aromatic heterocycles. The van der Waals surface area contributed by atoms with Crippen molar-refractivity contribution in [2.75, 3.05) is 4.90 Å². The summed E-state index contributed by atoms with van der Waals surface area (Å²) in [5, 5.41) is 1.04. The number of carbonyl (C=O) groups is 2. The van der Waals surface area contributed by atoms with Gasteiger partial charge in [0.1, 0.15) is 12.4 Å². The Balaban J connectivity index is 1.19. The van der Waals surface area contributed by atoms with Crippen molar-refractivity contribution in [1.82, 2.24) is 4.98 Å². The number of nitrogens with zero attached hydrogens (tertiary/aromatic N) is 1. The van der Waals surface area contributed by atoms with E-state index in [0.29, 0.717) is 12.3 Å². The number of rotatable bonds is 5. The van der Waals surface area contributed by atoms with Gasteiger partial charge in [0.2, 0.25) is 11.8 Å².